The lowest BCUT2D eigenvalue weighted by Crippen LogP contribution is -2.55. The molecule has 2 nitrogen and oxygen atoms in total. The monoisotopic (exact) mass is 290 g/mol. The van der Waals surface area contributed by atoms with Gasteiger partial charge in [-0.1, -0.05) is 32.9 Å². The lowest BCUT2D eigenvalue weighted by molar-refractivity contribution is -0.903. The Bertz CT molecular complexity index is 461. The number of benzene rings is 1. The number of aryl methyl sites for hydroxylation is 1. The van der Waals surface area contributed by atoms with Gasteiger partial charge in [-0.05, 0) is 36.0 Å². The number of rotatable bonds is 5. The van der Waals surface area contributed by atoms with Gasteiger partial charge in [-0.3, -0.25) is 0 Å². The predicted octanol–water partition coefficient (Wildman–Crippen LogP) is 4.28. The Morgan fingerprint density at radius 2 is 1.81 bits per heavy atom. The number of hydrogen-bond donors (Lipinski definition) is 0. The maximum absolute atomic E-state index is 6.14. The van der Waals surface area contributed by atoms with Gasteiger partial charge >= 0.3 is 0 Å². The van der Waals surface area contributed by atoms with Crippen molar-refractivity contribution in [1.82, 2.24) is 0 Å². The van der Waals surface area contributed by atoms with E-state index in [2.05, 4.69) is 66.2 Å². The van der Waals surface area contributed by atoms with Crippen LogP contribution in [0.4, 0.5) is 0 Å². The molecule has 2 rings (SSSR count). The summed E-state index contributed by atoms with van der Waals surface area (Å²) in [7, 11) is 6.82. The van der Waals surface area contributed by atoms with Gasteiger partial charge in [-0.15, -0.1) is 0 Å². The smallest absolute Gasteiger partial charge is 0.120 e. The Morgan fingerprint density at radius 1 is 1.14 bits per heavy atom. The van der Waals surface area contributed by atoms with E-state index in [0.29, 0.717) is 11.5 Å². The summed E-state index contributed by atoms with van der Waals surface area (Å²) in [6.07, 6.45) is 5.10. The molecule has 21 heavy (non-hydrogen) atoms. The minimum atomic E-state index is 0.392. The van der Waals surface area contributed by atoms with E-state index in [9.17, 15) is 0 Å². The summed E-state index contributed by atoms with van der Waals surface area (Å²) in [4.78, 5) is 0. The van der Waals surface area contributed by atoms with Crippen LogP contribution in [0.5, 0.6) is 5.75 Å². The van der Waals surface area contributed by atoms with Gasteiger partial charge in [0.2, 0.25) is 0 Å². The molecule has 1 fully saturated rings. The molecule has 0 aromatic heterocycles. The maximum Gasteiger partial charge on any atom is 0.120 e. The topological polar surface area (TPSA) is 9.23 Å². The van der Waals surface area contributed by atoms with Crippen LogP contribution in [0.3, 0.4) is 0 Å². The molecule has 0 N–H and O–H groups in total. The van der Waals surface area contributed by atoms with Crippen LogP contribution in [0.15, 0.2) is 24.3 Å². The Kier molecular flexibility index (Phi) is 4.67. The molecule has 0 unspecified atom stereocenters. The minimum Gasteiger partial charge on any atom is -0.490 e. The van der Waals surface area contributed by atoms with Crippen LogP contribution in [-0.4, -0.2) is 37.8 Å². The molecule has 0 bridgehead atoms. The van der Waals surface area contributed by atoms with Crippen LogP contribution in [0.2, 0.25) is 0 Å². The quantitative estimate of drug-likeness (QED) is 0.735. The zero-order chi connectivity index (χ0) is 15.7. The molecule has 1 aromatic carbocycles. The zero-order valence-electron chi connectivity index (χ0n) is 14.6. The van der Waals surface area contributed by atoms with E-state index < -0.39 is 0 Å². The molecule has 0 heterocycles. The number of hydrogen-bond acceptors (Lipinski definition) is 1. The molecule has 0 amide bonds. The standard InChI is InChI=1S/C19H32NO/c1-19(2,3)11-10-15-8-7-9-17(12-15)21-18-13-16(14-18)20(4,5)6/h7-9,12,16,18H,10-11,13-14H2,1-6H3/q+1. The normalized spacial score (nSPS) is 22.8. The Morgan fingerprint density at radius 3 is 2.38 bits per heavy atom. The Balaban J connectivity index is 1.85. The summed E-state index contributed by atoms with van der Waals surface area (Å²) in [6, 6.07) is 9.42. The first-order valence-corrected chi connectivity index (χ1v) is 8.20. The van der Waals surface area contributed by atoms with Crippen LogP contribution in [0, 0.1) is 5.41 Å². The summed E-state index contributed by atoms with van der Waals surface area (Å²) >= 11 is 0. The van der Waals surface area contributed by atoms with Gasteiger partial charge in [0.15, 0.2) is 0 Å². The summed E-state index contributed by atoms with van der Waals surface area (Å²) in [5.74, 6) is 1.05. The molecule has 1 saturated carbocycles. The molecule has 2 heteroatoms. The SMILES string of the molecule is CC(C)(C)CCc1cccc(OC2CC([N+](C)(C)C)C2)c1. The van der Waals surface area contributed by atoms with E-state index in [4.69, 9.17) is 4.74 Å². The zero-order valence-corrected chi connectivity index (χ0v) is 14.6. The maximum atomic E-state index is 6.14. The number of nitrogens with zero attached hydrogens (tertiary/aromatic N) is 1. The molecular weight excluding hydrogens is 258 g/mol. The fraction of sp³-hybridized carbons (Fsp3) is 0.684. The highest BCUT2D eigenvalue weighted by atomic mass is 16.5. The van der Waals surface area contributed by atoms with Crippen molar-refractivity contribution in [2.45, 2.75) is 58.6 Å². The summed E-state index contributed by atoms with van der Waals surface area (Å²) < 4.78 is 7.19. The molecule has 1 aliphatic rings. The van der Waals surface area contributed by atoms with Gasteiger partial charge in [0.25, 0.3) is 0 Å². The van der Waals surface area contributed by atoms with Gasteiger partial charge in [0, 0.05) is 12.8 Å². The lowest BCUT2D eigenvalue weighted by Gasteiger charge is -2.44. The average molecular weight is 290 g/mol. The Hall–Kier alpha value is -1.02. The van der Waals surface area contributed by atoms with Crippen molar-refractivity contribution in [2.75, 3.05) is 21.1 Å². The molecule has 0 spiro atoms. The van der Waals surface area contributed by atoms with Crippen LogP contribution < -0.4 is 4.74 Å². The highest BCUT2D eigenvalue weighted by Gasteiger charge is 2.39. The second kappa shape index (κ2) is 6.00. The van der Waals surface area contributed by atoms with E-state index in [1.807, 2.05) is 0 Å². The van der Waals surface area contributed by atoms with Crippen LogP contribution >= 0.6 is 0 Å². The predicted molar refractivity (Wildman–Crippen MR) is 89.7 cm³/mol. The summed E-state index contributed by atoms with van der Waals surface area (Å²) in [5.41, 5.74) is 1.78. The third kappa shape index (κ3) is 5.03. The van der Waals surface area contributed by atoms with Gasteiger partial charge in [-0.25, -0.2) is 0 Å². The Labute approximate surface area is 130 Å². The molecular formula is C19H32NO+. The van der Waals surface area contributed by atoms with E-state index >= 15 is 0 Å². The van der Waals surface area contributed by atoms with Crippen LogP contribution in [-0.2, 0) is 6.42 Å². The molecule has 0 radical (unpaired) electrons. The van der Waals surface area contributed by atoms with Crippen molar-refractivity contribution in [3.8, 4) is 5.75 Å². The average Bonchev–Trinajstić information content (AvgIpc) is 2.29. The third-order valence-electron chi connectivity index (χ3n) is 4.53. The van der Waals surface area contributed by atoms with Gasteiger partial charge in [-0.2, -0.15) is 0 Å². The largest absolute Gasteiger partial charge is 0.490 e. The fourth-order valence-corrected chi connectivity index (χ4v) is 2.75. The van der Waals surface area contributed by atoms with E-state index in [1.54, 1.807) is 0 Å². The van der Waals surface area contributed by atoms with Crippen molar-refractivity contribution >= 4 is 0 Å². The highest BCUT2D eigenvalue weighted by Crippen LogP contribution is 2.32. The number of ether oxygens (including phenoxy) is 1. The van der Waals surface area contributed by atoms with Gasteiger partial charge in [0.05, 0.1) is 27.2 Å². The van der Waals surface area contributed by atoms with Crippen molar-refractivity contribution in [3.05, 3.63) is 29.8 Å². The summed E-state index contributed by atoms with van der Waals surface area (Å²) in [5, 5.41) is 0. The highest BCUT2D eigenvalue weighted by molar-refractivity contribution is 5.29. The summed E-state index contributed by atoms with van der Waals surface area (Å²) in [6.45, 7) is 6.89. The van der Waals surface area contributed by atoms with Crippen LogP contribution in [0.1, 0.15) is 45.6 Å². The van der Waals surface area contributed by atoms with Gasteiger partial charge in [0.1, 0.15) is 11.9 Å². The van der Waals surface area contributed by atoms with Crippen molar-refractivity contribution < 1.29 is 9.22 Å². The van der Waals surface area contributed by atoms with E-state index in [0.717, 1.165) is 22.7 Å². The molecule has 1 aliphatic carbocycles. The van der Waals surface area contributed by atoms with Gasteiger partial charge < -0.3 is 9.22 Å². The van der Waals surface area contributed by atoms with Crippen LogP contribution in [0.25, 0.3) is 0 Å². The van der Waals surface area contributed by atoms with Crippen molar-refractivity contribution in [3.63, 3.8) is 0 Å². The first kappa shape index (κ1) is 16.4. The van der Waals surface area contributed by atoms with E-state index in [1.165, 1.54) is 24.8 Å². The minimum absolute atomic E-state index is 0.392. The van der Waals surface area contributed by atoms with Crippen molar-refractivity contribution in [2.24, 2.45) is 5.41 Å². The first-order valence-electron chi connectivity index (χ1n) is 8.20. The third-order valence-corrected chi connectivity index (χ3v) is 4.53. The second-order valence-electron chi connectivity index (χ2n) is 8.69. The molecule has 0 saturated heterocycles. The molecule has 1 aromatic rings. The molecule has 0 aliphatic heterocycles. The van der Waals surface area contributed by atoms with E-state index in [-0.39, 0.29) is 0 Å². The molecule has 118 valence electrons. The molecule has 0 atom stereocenters. The number of quaternary nitrogens is 1. The first-order chi connectivity index (χ1) is 9.63. The van der Waals surface area contributed by atoms with Crippen molar-refractivity contribution in [1.29, 1.82) is 0 Å². The lowest BCUT2D eigenvalue weighted by atomic mass is 9.87. The fourth-order valence-electron chi connectivity index (χ4n) is 2.75. The second-order valence-corrected chi connectivity index (χ2v) is 8.69.